The van der Waals surface area contributed by atoms with E-state index in [1.165, 1.54) is 38.3 Å². The van der Waals surface area contributed by atoms with E-state index >= 15 is 0 Å². The van der Waals surface area contributed by atoms with Gasteiger partial charge >= 0.3 is 13.3 Å². The summed E-state index contributed by atoms with van der Waals surface area (Å²) in [6.07, 6.45) is -0.679. The summed E-state index contributed by atoms with van der Waals surface area (Å²) >= 11 is 1.07. The normalized spacial score (nSPS) is 22.0. The van der Waals surface area contributed by atoms with Crippen molar-refractivity contribution in [3.05, 3.63) is 105 Å². The number of benzene rings is 3. The molecule has 23 heteroatoms. The number of piperidine rings is 1. The molecule has 4 fully saturated rings. The molecule has 0 spiro atoms. The van der Waals surface area contributed by atoms with E-state index in [9.17, 15) is 52.3 Å². The van der Waals surface area contributed by atoms with Gasteiger partial charge in [-0.15, -0.1) is 11.3 Å². The largest absolute Gasteiger partial charge is 0.370 e. The molecule has 2 aromatic heterocycles. The molecule has 0 bridgehead atoms. The highest BCUT2D eigenvalue weighted by Gasteiger charge is 2.49. The number of halogens is 1. The van der Waals surface area contributed by atoms with Crippen molar-refractivity contribution >= 4 is 75.5 Å². The van der Waals surface area contributed by atoms with Crippen LogP contribution in [-0.2, 0) is 51.6 Å². The molecule has 4 aliphatic rings. The second-order valence-corrected chi connectivity index (χ2v) is 23.1. The molecule has 0 saturated carbocycles. The average Bonchev–Trinajstić information content (AvgIpc) is 4.08. The number of amides is 6. The summed E-state index contributed by atoms with van der Waals surface area (Å²) in [7, 11) is -3.43. The molecule has 20 nitrogen and oxygen atoms in total. The summed E-state index contributed by atoms with van der Waals surface area (Å²) in [6.45, 7) is 8.25. The lowest BCUT2D eigenvalue weighted by molar-refractivity contribution is -0.156. The molecule has 9 rings (SSSR count). The zero-order valence-electron chi connectivity index (χ0n) is 41.5. The SMILES string of the molecule is Cn1c(=O)n(C2CCC(=O)NC2=O)c2ccc(CN3CCN(C(=O)CO[C@@H]4CCN(C(=O)[C@@H](NC(=O)c5cc6cc([C@H](F)P(=O)(O)O)ccc6s5)C(C)(C)C)[C@@H]4C(=O)N4CCO[C@H](c5ccccc5)C4)CC3)cc21. The van der Waals surface area contributed by atoms with Crippen LogP contribution < -0.4 is 16.3 Å². The van der Waals surface area contributed by atoms with Crippen molar-refractivity contribution in [2.45, 2.75) is 82.8 Å². The van der Waals surface area contributed by atoms with Crippen LogP contribution >= 0.6 is 18.9 Å². The van der Waals surface area contributed by atoms with Crippen LogP contribution in [0.5, 0.6) is 0 Å². The summed E-state index contributed by atoms with van der Waals surface area (Å²) in [5.74, 6) is -5.19. The maximum absolute atomic E-state index is 14.9. The summed E-state index contributed by atoms with van der Waals surface area (Å²) in [5, 5.41) is 5.61. The zero-order chi connectivity index (χ0) is 52.8. The molecule has 6 amide bonds. The van der Waals surface area contributed by atoms with Crippen LogP contribution in [0.4, 0.5) is 4.39 Å². The highest BCUT2D eigenvalue weighted by atomic mass is 32.1. The fourth-order valence-corrected chi connectivity index (χ4v) is 11.8. The first kappa shape index (κ1) is 52.7. The fraction of sp³-hybridized carbons (Fsp3) is 0.471. The Kier molecular flexibility index (Phi) is 15.1. The second-order valence-electron chi connectivity index (χ2n) is 20.4. The first-order valence-corrected chi connectivity index (χ1v) is 27.1. The molecule has 6 heterocycles. The molecular formula is C51H60FN8O12PS. The van der Waals surface area contributed by atoms with Crippen LogP contribution in [0, 0.1) is 5.41 Å². The third kappa shape index (κ3) is 11.0. The number of rotatable bonds is 13. The molecule has 74 heavy (non-hydrogen) atoms. The van der Waals surface area contributed by atoms with Crippen molar-refractivity contribution in [3.63, 3.8) is 0 Å². The molecular weight excluding hydrogens is 999 g/mol. The predicted molar refractivity (Wildman–Crippen MR) is 270 cm³/mol. The number of thiophene rings is 1. The Morgan fingerprint density at radius 3 is 2.36 bits per heavy atom. The lowest BCUT2D eigenvalue weighted by Gasteiger charge is -2.39. The number of nitrogens with one attached hydrogen (secondary N) is 2. The highest BCUT2D eigenvalue weighted by Crippen LogP contribution is 2.53. The molecule has 394 valence electrons. The van der Waals surface area contributed by atoms with Gasteiger partial charge in [0.2, 0.25) is 35.4 Å². The van der Waals surface area contributed by atoms with Crippen LogP contribution in [0.25, 0.3) is 21.1 Å². The lowest BCUT2D eigenvalue weighted by Crippen LogP contribution is -2.60. The molecule has 5 aromatic rings. The maximum atomic E-state index is 14.9. The van der Waals surface area contributed by atoms with Gasteiger partial charge in [-0.3, -0.25) is 52.7 Å². The van der Waals surface area contributed by atoms with Crippen LogP contribution in [0.2, 0.25) is 0 Å². The van der Waals surface area contributed by atoms with E-state index in [-0.39, 0.29) is 86.0 Å². The van der Waals surface area contributed by atoms with Gasteiger partial charge in [0.25, 0.3) is 5.91 Å². The van der Waals surface area contributed by atoms with Gasteiger partial charge in [0.15, 0.2) is 0 Å². The first-order valence-electron chi connectivity index (χ1n) is 24.6. The second kappa shape index (κ2) is 21.2. The summed E-state index contributed by atoms with van der Waals surface area (Å²) in [6, 6.07) is 17.5. The van der Waals surface area contributed by atoms with Gasteiger partial charge in [-0.25, -0.2) is 9.18 Å². The fourth-order valence-electron chi connectivity index (χ4n) is 10.3. The molecule has 0 aliphatic carbocycles. The predicted octanol–water partition coefficient (Wildman–Crippen LogP) is 3.75. The topological polar surface area (TPSA) is 242 Å². The van der Waals surface area contributed by atoms with Gasteiger partial charge in [-0.2, -0.15) is 0 Å². The third-order valence-corrected chi connectivity index (χ3v) is 16.4. The number of nitrogens with zero attached hydrogens (tertiary/aromatic N) is 6. The third-order valence-electron chi connectivity index (χ3n) is 14.4. The van der Waals surface area contributed by atoms with Crippen molar-refractivity contribution in [2.24, 2.45) is 12.5 Å². The number of imidazole rings is 1. The van der Waals surface area contributed by atoms with E-state index < -0.39 is 67.0 Å². The van der Waals surface area contributed by atoms with Crippen LogP contribution in [-0.4, -0.2) is 151 Å². The number of fused-ring (bicyclic) bond motifs is 2. The number of hydrogen-bond donors (Lipinski definition) is 4. The number of imide groups is 1. The molecule has 6 atom stereocenters. The minimum Gasteiger partial charge on any atom is -0.370 e. The van der Waals surface area contributed by atoms with E-state index in [1.807, 2.05) is 48.5 Å². The molecule has 1 unspecified atom stereocenters. The molecule has 3 aromatic carbocycles. The number of ether oxygens (including phenoxy) is 2. The standard InChI is InChI=1S/C51H60FN8O12PS/c1-51(2,3)44(54-47(64)40-26-33-25-32(11-14-39(33)74-40)45(52)73(68,69)70)49(66)59-17-16-37(43(59)48(65)58-22-23-71-38(28-58)31-8-6-5-7-9-31)72-29-42(62)57-20-18-56(19-21-57)27-30-10-12-34-36(24-30)55(4)50(67)60(34)35-13-15-41(61)53-46(35)63/h5-12,14,24-26,35,37-38,43-45H,13,15-23,27-29H2,1-4H3,(H,54,64)(H,53,61,63)(H2,68,69,70)/t35?,37-,38+,43+,44-,45-/m1/s1. The van der Waals surface area contributed by atoms with Gasteiger partial charge in [0.1, 0.15) is 30.8 Å². The van der Waals surface area contributed by atoms with E-state index in [0.29, 0.717) is 53.8 Å². The summed E-state index contributed by atoms with van der Waals surface area (Å²) in [5.41, 5.74) is 1.61. The Hall–Kier alpha value is -6.13. The Balaban J connectivity index is 0.874. The number of carbonyl (C=O) groups excluding carboxylic acids is 6. The van der Waals surface area contributed by atoms with Gasteiger partial charge in [-0.05, 0) is 70.7 Å². The Morgan fingerprint density at radius 2 is 1.66 bits per heavy atom. The van der Waals surface area contributed by atoms with E-state index in [4.69, 9.17) is 9.47 Å². The van der Waals surface area contributed by atoms with Crippen LogP contribution in [0.3, 0.4) is 0 Å². The van der Waals surface area contributed by atoms with Crippen molar-refractivity contribution in [2.75, 3.05) is 59.0 Å². The molecule has 4 saturated heterocycles. The van der Waals surface area contributed by atoms with Crippen molar-refractivity contribution < 1.29 is 57.0 Å². The van der Waals surface area contributed by atoms with E-state index in [2.05, 4.69) is 15.5 Å². The number of aromatic nitrogens is 2. The Labute approximate surface area is 429 Å². The summed E-state index contributed by atoms with van der Waals surface area (Å²) in [4.78, 5) is 121. The molecule has 0 radical (unpaired) electrons. The van der Waals surface area contributed by atoms with Crippen molar-refractivity contribution in [3.8, 4) is 0 Å². The van der Waals surface area contributed by atoms with E-state index in [0.717, 1.165) is 22.5 Å². The lowest BCUT2D eigenvalue weighted by atomic mass is 9.85. The van der Waals surface area contributed by atoms with Gasteiger partial charge in [-0.1, -0.05) is 63.2 Å². The summed E-state index contributed by atoms with van der Waals surface area (Å²) < 4.78 is 42.2. The number of carbonyl (C=O) groups is 6. The minimum atomic E-state index is -5.08. The minimum absolute atomic E-state index is 0.0961. The van der Waals surface area contributed by atoms with Crippen molar-refractivity contribution in [1.82, 2.24) is 39.4 Å². The first-order chi connectivity index (χ1) is 35.2. The number of alkyl halides is 1. The molecule has 4 N–H and O–H groups in total. The van der Waals surface area contributed by atoms with Crippen molar-refractivity contribution in [1.29, 1.82) is 0 Å². The van der Waals surface area contributed by atoms with Gasteiger partial charge in [0, 0.05) is 64.0 Å². The highest BCUT2D eigenvalue weighted by molar-refractivity contribution is 7.51. The quantitative estimate of drug-likeness (QED) is 0.0972. The maximum Gasteiger partial charge on any atom is 0.363 e. The van der Waals surface area contributed by atoms with E-state index in [1.54, 1.807) is 37.6 Å². The number of aryl methyl sites for hydroxylation is 1. The average molecular weight is 1060 g/mol. The Morgan fingerprint density at radius 1 is 0.919 bits per heavy atom. The number of hydrogen-bond acceptors (Lipinski definition) is 12. The number of piperazine rings is 1. The number of morpholine rings is 1. The number of likely N-dealkylation sites (tertiary alicyclic amines) is 1. The van der Waals surface area contributed by atoms with Gasteiger partial charge < -0.3 is 39.3 Å². The zero-order valence-corrected chi connectivity index (χ0v) is 43.2. The Bertz CT molecular complexity index is 3110. The van der Waals surface area contributed by atoms with Gasteiger partial charge in [0.05, 0.1) is 35.2 Å². The smallest absolute Gasteiger partial charge is 0.363 e. The van der Waals surface area contributed by atoms with Crippen LogP contribution in [0.15, 0.2) is 77.6 Å². The molecule has 4 aliphatic heterocycles. The van der Waals surface area contributed by atoms with Crippen LogP contribution in [0.1, 0.15) is 84.5 Å². The monoisotopic (exact) mass is 1060 g/mol.